The van der Waals surface area contributed by atoms with Gasteiger partial charge in [-0.1, -0.05) is 12.1 Å². The molecule has 100 valence electrons. The third kappa shape index (κ3) is 3.34. The average molecular weight is 260 g/mol. The Morgan fingerprint density at radius 3 is 2.79 bits per heavy atom. The maximum Gasteiger partial charge on any atom is 0.335 e. The SMILES string of the molecule is C=CCN(C(=O)Nc1cccc(C(=O)O)c1)C1CC1. The number of nitrogens with zero attached hydrogens (tertiary/aromatic N) is 1. The lowest BCUT2D eigenvalue weighted by Crippen LogP contribution is -2.36. The molecule has 0 saturated heterocycles. The first-order valence-electron chi connectivity index (χ1n) is 6.13. The second-order valence-electron chi connectivity index (χ2n) is 4.49. The number of anilines is 1. The predicted molar refractivity (Wildman–Crippen MR) is 72.3 cm³/mol. The number of hydrogen-bond acceptors (Lipinski definition) is 2. The van der Waals surface area contributed by atoms with Crippen LogP contribution >= 0.6 is 0 Å². The molecule has 2 amide bonds. The lowest BCUT2D eigenvalue weighted by atomic mass is 10.2. The molecule has 1 fully saturated rings. The maximum atomic E-state index is 12.1. The van der Waals surface area contributed by atoms with Crippen molar-refractivity contribution in [3.63, 3.8) is 0 Å². The summed E-state index contributed by atoms with van der Waals surface area (Å²) in [7, 11) is 0. The molecule has 19 heavy (non-hydrogen) atoms. The Hall–Kier alpha value is -2.30. The molecule has 0 radical (unpaired) electrons. The summed E-state index contributed by atoms with van der Waals surface area (Å²) in [5.74, 6) is -1.01. The molecule has 0 aliphatic heterocycles. The summed E-state index contributed by atoms with van der Waals surface area (Å²) in [6, 6.07) is 6.27. The van der Waals surface area contributed by atoms with Crippen molar-refractivity contribution in [2.45, 2.75) is 18.9 Å². The maximum absolute atomic E-state index is 12.1. The van der Waals surface area contributed by atoms with Crippen LogP contribution in [0, 0.1) is 0 Å². The number of amides is 2. The van der Waals surface area contributed by atoms with Crippen molar-refractivity contribution < 1.29 is 14.7 Å². The van der Waals surface area contributed by atoms with Crippen molar-refractivity contribution >= 4 is 17.7 Å². The van der Waals surface area contributed by atoms with E-state index in [9.17, 15) is 9.59 Å². The number of rotatable bonds is 5. The quantitative estimate of drug-likeness (QED) is 0.799. The van der Waals surface area contributed by atoms with E-state index in [4.69, 9.17) is 5.11 Å². The summed E-state index contributed by atoms with van der Waals surface area (Å²) in [5.41, 5.74) is 0.638. The molecular formula is C14H16N2O3. The van der Waals surface area contributed by atoms with Crippen molar-refractivity contribution in [1.82, 2.24) is 4.90 Å². The van der Waals surface area contributed by atoms with Gasteiger partial charge in [-0.05, 0) is 31.0 Å². The summed E-state index contributed by atoms with van der Waals surface area (Å²) in [5, 5.41) is 11.6. The highest BCUT2D eigenvalue weighted by atomic mass is 16.4. The second-order valence-corrected chi connectivity index (χ2v) is 4.49. The lowest BCUT2D eigenvalue weighted by Gasteiger charge is -2.21. The molecule has 0 bridgehead atoms. The molecule has 2 rings (SSSR count). The Kier molecular flexibility index (Phi) is 3.85. The van der Waals surface area contributed by atoms with E-state index in [0.717, 1.165) is 12.8 Å². The molecule has 0 spiro atoms. The molecule has 2 N–H and O–H groups in total. The number of aromatic carboxylic acids is 1. The predicted octanol–water partition coefficient (Wildman–Crippen LogP) is 2.57. The molecule has 1 aromatic rings. The zero-order chi connectivity index (χ0) is 13.8. The summed E-state index contributed by atoms with van der Waals surface area (Å²) in [4.78, 5) is 24.7. The number of urea groups is 1. The highest BCUT2D eigenvalue weighted by Crippen LogP contribution is 2.27. The van der Waals surface area contributed by atoms with Gasteiger partial charge in [0.2, 0.25) is 0 Å². The van der Waals surface area contributed by atoms with Gasteiger partial charge in [0, 0.05) is 18.3 Å². The van der Waals surface area contributed by atoms with Gasteiger partial charge < -0.3 is 15.3 Å². The largest absolute Gasteiger partial charge is 0.478 e. The van der Waals surface area contributed by atoms with E-state index in [1.165, 1.54) is 12.1 Å². The highest BCUT2D eigenvalue weighted by molar-refractivity contribution is 5.93. The van der Waals surface area contributed by atoms with Gasteiger partial charge in [-0.25, -0.2) is 9.59 Å². The van der Waals surface area contributed by atoms with Gasteiger partial charge >= 0.3 is 12.0 Å². The highest BCUT2D eigenvalue weighted by Gasteiger charge is 2.31. The van der Waals surface area contributed by atoms with E-state index in [-0.39, 0.29) is 17.6 Å². The molecular weight excluding hydrogens is 244 g/mol. The van der Waals surface area contributed by atoms with E-state index >= 15 is 0 Å². The average Bonchev–Trinajstić information content (AvgIpc) is 3.20. The van der Waals surface area contributed by atoms with Crippen LogP contribution in [0.15, 0.2) is 36.9 Å². The smallest absolute Gasteiger partial charge is 0.335 e. The van der Waals surface area contributed by atoms with Gasteiger partial charge in [-0.2, -0.15) is 0 Å². The van der Waals surface area contributed by atoms with Crippen molar-refractivity contribution in [3.05, 3.63) is 42.5 Å². The zero-order valence-corrected chi connectivity index (χ0v) is 10.5. The number of carbonyl (C=O) groups excluding carboxylic acids is 1. The van der Waals surface area contributed by atoms with Gasteiger partial charge in [-0.15, -0.1) is 6.58 Å². The van der Waals surface area contributed by atoms with E-state index < -0.39 is 5.97 Å². The zero-order valence-electron chi connectivity index (χ0n) is 10.5. The molecule has 5 heteroatoms. The van der Waals surface area contributed by atoms with E-state index in [0.29, 0.717) is 12.2 Å². The molecule has 0 aromatic heterocycles. The topological polar surface area (TPSA) is 69.6 Å². The monoisotopic (exact) mass is 260 g/mol. The van der Waals surface area contributed by atoms with Gasteiger partial charge in [-0.3, -0.25) is 0 Å². The molecule has 0 unspecified atom stereocenters. The Balaban J connectivity index is 2.06. The second kappa shape index (κ2) is 5.56. The first kappa shape index (κ1) is 13.1. The summed E-state index contributed by atoms with van der Waals surface area (Å²) in [6.07, 6.45) is 3.71. The third-order valence-corrected chi connectivity index (χ3v) is 2.94. The minimum Gasteiger partial charge on any atom is -0.478 e. The fraction of sp³-hybridized carbons (Fsp3) is 0.286. The molecule has 1 aliphatic rings. The number of hydrogen-bond donors (Lipinski definition) is 2. The van der Waals surface area contributed by atoms with Crippen LogP contribution in [0.2, 0.25) is 0 Å². The first-order chi connectivity index (χ1) is 9.11. The minimum atomic E-state index is -1.01. The van der Waals surface area contributed by atoms with Gasteiger partial charge in [0.05, 0.1) is 5.56 Å². The number of carboxylic acid groups (broad SMARTS) is 1. The van der Waals surface area contributed by atoms with Crippen molar-refractivity contribution in [2.24, 2.45) is 0 Å². The van der Waals surface area contributed by atoms with E-state index in [2.05, 4.69) is 11.9 Å². The summed E-state index contributed by atoms with van der Waals surface area (Å²) in [6.45, 7) is 4.13. The van der Waals surface area contributed by atoms with Gasteiger partial charge in [0.15, 0.2) is 0 Å². The van der Waals surface area contributed by atoms with Crippen LogP contribution in [0.25, 0.3) is 0 Å². The molecule has 1 saturated carbocycles. The van der Waals surface area contributed by atoms with E-state index in [1.54, 1.807) is 23.1 Å². The molecule has 1 aromatic carbocycles. The number of benzene rings is 1. The fourth-order valence-corrected chi connectivity index (χ4v) is 1.85. The van der Waals surface area contributed by atoms with Gasteiger partial charge in [0.1, 0.15) is 0 Å². The van der Waals surface area contributed by atoms with E-state index in [1.807, 2.05) is 0 Å². The number of carboxylic acids is 1. The normalized spacial score (nSPS) is 13.7. The first-order valence-corrected chi connectivity index (χ1v) is 6.13. The third-order valence-electron chi connectivity index (χ3n) is 2.94. The van der Waals surface area contributed by atoms with Crippen LogP contribution in [0.5, 0.6) is 0 Å². The van der Waals surface area contributed by atoms with Gasteiger partial charge in [0.25, 0.3) is 0 Å². The van der Waals surface area contributed by atoms with Crippen LogP contribution in [-0.2, 0) is 0 Å². The van der Waals surface area contributed by atoms with Crippen molar-refractivity contribution in [2.75, 3.05) is 11.9 Å². The van der Waals surface area contributed by atoms with Crippen molar-refractivity contribution in [1.29, 1.82) is 0 Å². The molecule has 1 aliphatic carbocycles. The number of carbonyl (C=O) groups is 2. The molecule has 0 atom stereocenters. The molecule has 0 heterocycles. The fourth-order valence-electron chi connectivity index (χ4n) is 1.85. The van der Waals surface area contributed by atoms with Crippen LogP contribution < -0.4 is 5.32 Å². The Morgan fingerprint density at radius 2 is 2.21 bits per heavy atom. The standard InChI is InChI=1S/C14H16N2O3/c1-2-8-16(12-6-7-12)14(19)15-11-5-3-4-10(9-11)13(17)18/h2-5,9,12H,1,6-8H2,(H,15,19)(H,17,18). The Bertz CT molecular complexity index is 509. The Morgan fingerprint density at radius 1 is 1.47 bits per heavy atom. The van der Waals surface area contributed by atoms with Crippen molar-refractivity contribution in [3.8, 4) is 0 Å². The van der Waals surface area contributed by atoms with Crippen LogP contribution in [0.1, 0.15) is 23.2 Å². The summed E-state index contributed by atoms with van der Waals surface area (Å²) < 4.78 is 0. The Labute approximate surface area is 111 Å². The summed E-state index contributed by atoms with van der Waals surface area (Å²) >= 11 is 0. The number of nitrogens with one attached hydrogen (secondary N) is 1. The lowest BCUT2D eigenvalue weighted by molar-refractivity contribution is 0.0697. The molecule has 5 nitrogen and oxygen atoms in total. The van der Waals surface area contributed by atoms with Crippen LogP contribution in [-0.4, -0.2) is 34.6 Å². The van der Waals surface area contributed by atoms with Crippen LogP contribution in [0.4, 0.5) is 10.5 Å². The van der Waals surface area contributed by atoms with Crippen LogP contribution in [0.3, 0.4) is 0 Å². The minimum absolute atomic E-state index is 0.152.